The molecule has 0 spiro atoms. The fourth-order valence-corrected chi connectivity index (χ4v) is 5.23. The van der Waals surface area contributed by atoms with Gasteiger partial charge in [-0.25, -0.2) is 9.78 Å². The maximum Gasteiger partial charge on any atom is 0.332 e. The quantitative estimate of drug-likeness (QED) is 0.299. The number of anilines is 2. The molecule has 200 valence electrons. The maximum absolute atomic E-state index is 13.5. The van der Waals surface area contributed by atoms with Crippen molar-refractivity contribution in [2.45, 2.75) is 25.8 Å². The van der Waals surface area contributed by atoms with Gasteiger partial charge in [-0.05, 0) is 43.7 Å². The Kier molecular flexibility index (Phi) is 6.02. The Morgan fingerprint density at radius 3 is 2.72 bits per heavy atom. The van der Waals surface area contributed by atoms with Crippen LogP contribution in [0, 0.1) is 5.92 Å². The number of aryl methyl sites for hydroxylation is 2. The first-order valence-electron chi connectivity index (χ1n) is 12.6. The smallest absolute Gasteiger partial charge is 0.332 e. The van der Waals surface area contributed by atoms with E-state index in [-0.39, 0.29) is 35.5 Å². The molecule has 1 saturated carbocycles. The number of rotatable bonds is 7. The van der Waals surface area contributed by atoms with E-state index < -0.39 is 11.2 Å². The number of esters is 1. The van der Waals surface area contributed by atoms with Crippen LogP contribution in [0.25, 0.3) is 22.1 Å². The third-order valence-corrected chi connectivity index (χ3v) is 7.45. The number of H-pyrrole nitrogens is 1. The average molecular weight is 548 g/mol. The van der Waals surface area contributed by atoms with Crippen molar-refractivity contribution < 1.29 is 9.53 Å². The normalized spacial score (nSPS) is 16.6. The molecule has 5 aromatic rings. The van der Waals surface area contributed by atoms with Gasteiger partial charge in [0.2, 0.25) is 5.95 Å². The number of nitrogens with zero attached hydrogens (tertiary/aromatic N) is 5. The summed E-state index contributed by atoms with van der Waals surface area (Å²) in [4.78, 5) is 51.2. The number of pyridine rings is 1. The number of fused-ring (bicyclic) bond motifs is 2. The van der Waals surface area contributed by atoms with E-state index in [0.29, 0.717) is 35.5 Å². The molecule has 39 heavy (non-hydrogen) atoms. The second-order valence-corrected chi connectivity index (χ2v) is 10.1. The van der Waals surface area contributed by atoms with E-state index in [1.807, 2.05) is 30.3 Å². The molecule has 0 aliphatic heterocycles. The maximum atomic E-state index is 13.5. The number of halogens is 1. The van der Waals surface area contributed by atoms with Gasteiger partial charge in [0, 0.05) is 47.3 Å². The number of aromatic amines is 1. The fourth-order valence-electron chi connectivity index (χ4n) is 5.00. The molecule has 12 heteroatoms. The molecule has 1 fully saturated rings. The van der Waals surface area contributed by atoms with Crippen molar-refractivity contribution >= 4 is 51.4 Å². The first-order valence-corrected chi connectivity index (χ1v) is 13.0. The summed E-state index contributed by atoms with van der Waals surface area (Å²) in [5.41, 5.74) is 1.87. The van der Waals surface area contributed by atoms with Crippen molar-refractivity contribution in [1.29, 1.82) is 0 Å². The predicted octanol–water partition coefficient (Wildman–Crippen LogP) is 3.42. The number of aromatic nitrogens is 6. The Morgan fingerprint density at radius 1 is 1.15 bits per heavy atom. The summed E-state index contributed by atoms with van der Waals surface area (Å²) in [5, 5.41) is 4.57. The Balaban J connectivity index is 1.32. The van der Waals surface area contributed by atoms with Crippen LogP contribution >= 0.6 is 11.6 Å². The van der Waals surface area contributed by atoms with Crippen LogP contribution < -0.4 is 16.6 Å². The van der Waals surface area contributed by atoms with Crippen molar-refractivity contribution in [2.75, 3.05) is 11.9 Å². The van der Waals surface area contributed by atoms with Crippen molar-refractivity contribution in [1.82, 2.24) is 28.7 Å². The Bertz CT molecular complexity index is 1880. The van der Waals surface area contributed by atoms with E-state index in [9.17, 15) is 14.4 Å². The minimum Gasteiger partial charge on any atom is -0.466 e. The first kappa shape index (κ1) is 24.9. The van der Waals surface area contributed by atoms with Crippen LogP contribution in [0.4, 0.5) is 11.8 Å². The molecule has 0 amide bonds. The molecule has 4 heterocycles. The summed E-state index contributed by atoms with van der Waals surface area (Å²) in [6, 6.07) is 12.9. The van der Waals surface area contributed by atoms with Gasteiger partial charge in [0.15, 0.2) is 11.2 Å². The molecule has 11 nitrogen and oxygen atoms in total. The van der Waals surface area contributed by atoms with Gasteiger partial charge in [0.25, 0.3) is 5.56 Å². The lowest BCUT2D eigenvalue weighted by Crippen LogP contribution is -2.39. The fraction of sp³-hybridized carbons (Fsp3) is 0.296. The number of carbonyl (C=O) groups excluding carboxylic acids is 1. The van der Waals surface area contributed by atoms with Crippen LogP contribution in [-0.4, -0.2) is 41.2 Å². The standard InChI is InChI=1S/C27H26ClN7O4/c1-4-39-25(37)16-12-15(16)19-9-6-10-21(30-19)31-26-32-23-22(33(26)2)24(36)35(27(38)34(23)3)13-14-11-17-18(28)7-5-8-20(17)29-14/h5-11,15-16,29H,4,12-13H2,1-3H3,(H,30,31,32)/t15?,16-/m0/s1. The highest BCUT2D eigenvalue weighted by Gasteiger charge is 2.46. The highest BCUT2D eigenvalue weighted by Crippen LogP contribution is 2.47. The minimum atomic E-state index is -0.485. The van der Waals surface area contributed by atoms with Gasteiger partial charge in [0.1, 0.15) is 5.82 Å². The van der Waals surface area contributed by atoms with Crippen LogP contribution in [0.1, 0.15) is 30.7 Å². The first-order chi connectivity index (χ1) is 18.8. The third-order valence-electron chi connectivity index (χ3n) is 7.13. The number of benzene rings is 1. The second-order valence-electron chi connectivity index (χ2n) is 9.67. The third kappa shape index (κ3) is 4.28. The molecule has 2 atom stereocenters. The van der Waals surface area contributed by atoms with Crippen molar-refractivity contribution in [3.05, 3.63) is 79.7 Å². The van der Waals surface area contributed by atoms with Gasteiger partial charge < -0.3 is 19.6 Å². The molecule has 0 radical (unpaired) electrons. The molecule has 0 bridgehead atoms. The molecule has 1 aliphatic rings. The van der Waals surface area contributed by atoms with Gasteiger partial charge in [-0.3, -0.25) is 18.7 Å². The van der Waals surface area contributed by atoms with Crippen LogP contribution in [0.3, 0.4) is 0 Å². The molecule has 1 unspecified atom stereocenters. The van der Waals surface area contributed by atoms with Crippen LogP contribution in [0.5, 0.6) is 0 Å². The lowest BCUT2D eigenvalue weighted by Gasteiger charge is -2.08. The molecule has 4 aromatic heterocycles. The van der Waals surface area contributed by atoms with E-state index >= 15 is 0 Å². The minimum absolute atomic E-state index is 0.0128. The molecule has 1 aromatic carbocycles. The van der Waals surface area contributed by atoms with Crippen LogP contribution in [0.15, 0.2) is 52.1 Å². The zero-order valence-corrected chi connectivity index (χ0v) is 22.3. The predicted molar refractivity (Wildman–Crippen MR) is 148 cm³/mol. The molecule has 6 rings (SSSR count). The van der Waals surface area contributed by atoms with Crippen LogP contribution in [-0.2, 0) is 30.2 Å². The summed E-state index contributed by atoms with van der Waals surface area (Å²) < 4.78 is 9.27. The topological polar surface area (TPSA) is 129 Å². The Labute approximate surface area is 227 Å². The number of imidazole rings is 1. The van der Waals surface area contributed by atoms with Gasteiger partial charge in [-0.1, -0.05) is 23.7 Å². The molecule has 1 aliphatic carbocycles. The van der Waals surface area contributed by atoms with Gasteiger partial charge >= 0.3 is 11.7 Å². The summed E-state index contributed by atoms with van der Waals surface area (Å²) in [5.74, 6) is 0.504. The van der Waals surface area contributed by atoms with E-state index in [4.69, 9.17) is 16.3 Å². The van der Waals surface area contributed by atoms with Crippen LogP contribution in [0.2, 0.25) is 5.02 Å². The van der Waals surface area contributed by atoms with Crippen molar-refractivity contribution in [2.24, 2.45) is 20.0 Å². The number of hydrogen-bond donors (Lipinski definition) is 2. The van der Waals surface area contributed by atoms with E-state index in [0.717, 1.165) is 16.6 Å². The SMILES string of the molecule is CCOC(=O)[C@H]1CC1c1cccc(Nc2nc3c(c(=O)n(Cc4cc5c(Cl)cccc5[nH]4)c(=O)n3C)n2C)n1. The summed E-state index contributed by atoms with van der Waals surface area (Å²) in [6.07, 6.45) is 0.700. The zero-order chi connectivity index (χ0) is 27.4. The van der Waals surface area contributed by atoms with Gasteiger partial charge in [0.05, 0.1) is 19.1 Å². The lowest BCUT2D eigenvalue weighted by atomic mass is 10.2. The summed E-state index contributed by atoms with van der Waals surface area (Å²) in [6.45, 7) is 2.19. The largest absolute Gasteiger partial charge is 0.466 e. The van der Waals surface area contributed by atoms with Gasteiger partial charge in [-0.15, -0.1) is 0 Å². The number of carbonyl (C=O) groups is 1. The number of ether oxygens (including phenoxy) is 1. The van der Waals surface area contributed by atoms with E-state index in [1.54, 1.807) is 37.7 Å². The highest BCUT2D eigenvalue weighted by molar-refractivity contribution is 6.35. The Morgan fingerprint density at radius 2 is 1.95 bits per heavy atom. The van der Waals surface area contributed by atoms with Crippen molar-refractivity contribution in [3.63, 3.8) is 0 Å². The van der Waals surface area contributed by atoms with E-state index in [1.165, 1.54) is 9.13 Å². The average Bonchev–Trinajstić information content (AvgIpc) is 3.51. The molecular formula is C27H26ClN7O4. The summed E-state index contributed by atoms with van der Waals surface area (Å²) >= 11 is 6.29. The Hall–Kier alpha value is -4.38. The van der Waals surface area contributed by atoms with Gasteiger partial charge in [-0.2, -0.15) is 4.98 Å². The molecule has 0 saturated heterocycles. The highest BCUT2D eigenvalue weighted by atomic mass is 35.5. The molecular weight excluding hydrogens is 522 g/mol. The van der Waals surface area contributed by atoms with Crippen molar-refractivity contribution in [3.8, 4) is 0 Å². The monoisotopic (exact) mass is 547 g/mol. The molecule has 2 N–H and O–H groups in total. The summed E-state index contributed by atoms with van der Waals surface area (Å²) in [7, 11) is 3.29. The zero-order valence-electron chi connectivity index (χ0n) is 21.6. The van der Waals surface area contributed by atoms with E-state index in [2.05, 4.69) is 20.3 Å². The number of nitrogens with one attached hydrogen (secondary N) is 2. The number of hydrogen-bond acceptors (Lipinski definition) is 7. The second kappa shape index (κ2) is 9.42. The lowest BCUT2D eigenvalue weighted by molar-refractivity contribution is -0.144.